The summed E-state index contributed by atoms with van der Waals surface area (Å²) in [5.41, 5.74) is 0.318. The molecule has 0 bridgehead atoms. The molecule has 3 heterocycles. The summed E-state index contributed by atoms with van der Waals surface area (Å²) < 4.78 is 19.2. The van der Waals surface area contributed by atoms with Crippen LogP contribution in [0.4, 0.5) is 0 Å². The molecular weight excluding hydrogens is 458 g/mol. The second-order valence-corrected chi connectivity index (χ2v) is 11.7. The standard InChI is InChI=1S/C29H41NO6/c1-3-34-23-10-6-9-21-26-22(28(2,36-27(21)23)12-11-25(32)33)18-29(19-35-26)13-15-30(16-14-29)24(31)17-20-7-4-5-8-20/h6,9-10,20,22,26H,3-5,7-8,11-19H2,1-2H3,(H,32,33)/t22-,26+,28+/m0/s1. The molecular formula is C29H41NO6. The molecule has 7 nitrogen and oxygen atoms in total. The molecule has 7 heteroatoms. The van der Waals surface area contributed by atoms with Gasteiger partial charge >= 0.3 is 5.97 Å². The van der Waals surface area contributed by atoms with Gasteiger partial charge in [0.15, 0.2) is 11.5 Å². The number of hydrogen-bond donors (Lipinski definition) is 1. The van der Waals surface area contributed by atoms with Gasteiger partial charge in [0.2, 0.25) is 5.91 Å². The highest BCUT2D eigenvalue weighted by Crippen LogP contribution is 2.58. The fourth-order valence-corrected chi connectivity index (χ4v) is 7.06. The summed E-state index contributed by atoms with van der Waals surface area (Å²) in [6, 6.07) is 5.93. The smallest absolute Gasteiger partial charge is 0.303 e. The Morgan fingerprint density at radius 3 is 2.64 bits per heavy atom. The number of likely N-dealkylation sites (tertiary alicyclic amines) is 1. The van der Waals surface area contributed by atoms with Gasteiger partial charge in [-0.05, 0) is 69.8 Å². The topological polar surface area (TPSA) is 85.3 Å². The third kappa shape index (κ3) is 4.96. The molecule has 1 aliphatic carbocycles. The molecule has 1 saturated carbocycles. The molecule has 0 unspecified atom stereocenters. The number of piperidine rings is 1. The van der Waals surface area contributed by atoms with Crippen LogP contribution >= 0.6 is 0 Å². The number of fused-ring (bicyclic) bond motifs is 3. The molecule has 36 heavy (non-hydrogen) atoms. The zero-order valence-corrected chi connectivity index (χ0v) is 21.8. The first-order valence-electron chi connectivity index (χ1n) is 13.9. The van der Waals surface area contributed by atoms with Crippen LogP contribution in [0.5, 0.6) is 11.5 Å². The summed E-state index contributed by atoms with van der Waals surface area (Å²) in [6.45, 7) is 6.74. The first kappa shape index (κ1) is 25.4. The zero-order chi connectivity index (χ0) is 25.3. The maximum atomic E-state index is 12.9. The molecule has 0 aromatic heterocycles. The van der Waals surface area contributed by atoms with Crippen LogP contribution in [0, 0.1) is 17.3 Å². The van der Waals surface area contributed by atoms with Gasteiger partial charge in [-0.1, -0.05) is 25.0 Å². The van der Waals surface area contributed by atoms with E-state index in [1.165, 1.54) is 25.7 Å². The van der Waals surface area contributed by atoms with Gasteiger partial charge in [-0.25, -0.2) is 0 Å². The number of ether oxygens (including phenoxy) is 3. The summed E-state index contributed by atoms with van der Waals surface area (Å²) in [5.74, 6) is 1.49. The van der Waals surface area contributed by atoms with E-state index in [2.05, 4.69) is 11.0 Å². The summed E-state index contributed by atoms with van der Waals surface area (Å²) in [6.07, 6.45) is 8.69. The Morgan fingerprint density at radius 2 is 1.94 bits per heavy atom. The van der Waals surface area contributed by atoms with Crippen LogP contribution in [0.15, 0.2) is 18.2 Å². The van der Waals surface area contributed by atoms with Crippen molar-refractivity contribution >= 4 is 11.9 Å². The molecule has 3 aliphatic heterocycles. The van der Waals surface area contributed by atoms with Gasteiger partial charge in [0.05, 0.1) is 19.3 Å². The molecule has 198 valence electrons. The van der Waals surface area contributed by atoms with E-state index in [0.717, 1.165) is 37.9 Å². The highest BCUT2D eigenvalue weighted by atomic mass is 16.5. The van der Waals surface area contributed by atoms with Crippen LogP contribution in [0.25, 0.3) is 0 Å². The lowest BCUT2D eigenvalue weighted by Crippen LogP contribution is -2.56. The van der Waals surface area contributed by atoms with E-state index in [1.54, 1.807) is 0 Å². The third-order valence-corrected chi connectivity index (χ3v) is 9.27. The number of amides is 1. The van der Waals surface area contributed by atoms with E-state index in [0.29, 0.717) is 49.4 Å². The van der Waals surface area contributed by atoms with Crippen LogP contribution < -0.4 is 9.47 Å². The Labute approximate surface area is 214 Å². The normalized spacial score (nSPS) is 29.3. The minimum atomic E-state index is -0.819. The molecule has 4 aliphatic rings. The van der Waals surface area contributed by atoms with Crippen molar-refractivity contribution in [1.82, 2.24) is 4.90 Å². The molecule has 3 fully saturated rings. The van der Waals surface area contributed by atoms with Gasteiger partial charge in [0.25, 0.3) is 0 Å². The number of para-hydroxylation sites is 1. The second kappa shape index (κ2) is 10.2. The van der Waals surface area contributed by atoms with Gasteiger partial charge in [0.1, 0.15) is 5.60 Å². The zero-order valence-electron chi connectivity index (χ0n) is 21.8. The predicted octanol–water partition coefficient (Wildman–Crippen LogP) is 5.37. The third-order valence-electron chi connectivity index (χ3n) is 9.27. The van der Waals surface area contributed by atoms with E-state index < -0.39 is 11.6 Å². The van der Waals surface area contributed by atoms with Crippen molar-refractivity contribution < 1.29 is 28.9 Å². The first-order chi connectivity index (χ1) is 17.3. The summed E-state index contributed by atoms with van der Waals surface area (Å²) in [7, 11) is 0. The lowest BCUT2D eigenvalue weighted by Gasteiger charge is -2.55. The average molecular weight is 500 g/mol. The highest BCUT2D eigenvalue weighted by Gasteiger charge is 2.55. The van der Waals surface area contributed by atoms with E-state index >= 15 is 0 Å². The second-order valence-electron chi connectivity index (χ2n) is 11.7. The number of carbonyl (C=O) groups excluding carboxylic acids is 1. The van der Waals surface area contributed by atoms with Crippen molar-refractivity contribution in [2.45, 2.75) is 89.8 Å². The number of carbonyl (C=O) groups is 2. The van der Waals surface area contributed by atoms with Gasteiger partial charge < -0.3 is 24.2 Å². The van der Waals surface area contributed by atoms with Crippen molar-refractivity contribution in [3.8, 4) is 11.5 Å². The van der Waals surface area contributed by atoms with E-state index in [9.17, 15) is 14.7 Å². The number of benzene rings is 1. The fraction of sp³-hybridized carbons (Fsp3) is 0.724. The van der Waals surface area contributed by atoms with Crippen LogP contribution in [-0.4, -0.2) is 53.8 Å². The Morgan fingerprint density at radius 1 is 1.19 bits per heavy atom. The maximum absolute atomic E-state index is 12.9. The molecule has 2 saturated heterocycles. The molecule has 1 amide bonds. The summed E-state index contributed by atoms with van der Waals surface area (Å²) in [5, 5.41) is 9.47. The summed E-state index contributed by atoms with van der Waals surface area (Å²) in [4.78, 5) is 26.5. The van der Waals surface area contributed by atoms with Crippen LogP contribution in [0.2, 0.25) is 0 Å². The Bertz CT molecular complexity index is 965. The van der Waals surface area contributed by atoms with E-state index in [-0.39, 0.29) is 23.9 Å². The Kier molecular flexibility index (Phi) is 7.21. The number of hydrogen-bond acceptors (Lipinski definition) is 5. The van der Waals surface area contributed by atoms with Crippen LogP contribution in [0.3, 0.4) is 0 Å². The molecule has 0 radical (unpaired) electrons. The van der Waals surface area contributed by atoms with Crippen LogP contribution in [-0.2, 0) is 14.3 Å². The minimum absolute atomic E-state index is 0.00577. The van der Waals surface area contributed by atoms with Crippen molar-refractivity contribution in [3.63, 3.8) is 0 Å². The van der Waals surface area contributed by atoms with Crippen LogP contribution in [0.1, 0.15) is 89.7 Å². The molecule has 3 atom stereocenters. The number of carboxylic acids is 1. The quantitative estimate of drug-likeness (QED) is 0.543. The fourth-order valence-electron chi connectivity index (χ4n) is 7.06. The Balaban J connectivity index is 1.33. The largest absolute Gasteiger partial charge is 0.490 e. The Hall–Kier alpha value is -2.28. The van der Waals surface area contributed by atoms with Gasteiger partial charge in [-0.2, -0.15) is 0 Å². The number of aliphatic carboxylic acids is 1. The predicted molar refractivity (Wildman–Crippen MR) is 135 cm³/mol. The van der Waals surface area contributed by atoms with Gasteiger partial charge in [0, 0.05) is 37.4 Å². The molecule has 1 spiro atoms. The lowest BCUT2D eigenvalue weighted by atomic mass is 9.63. The monoisotopic (exact) mass is 499 g/mol. The summed E-state index contributed by atoms with van der Waals surface area (Å²) >= 11 is 0. The van der Waals surface area contributed by atoms with Gasteiger partial charge in [-0.15, -0.1) is 0 Å². The van der Waals surface area contributed by atoms with Crippen molar-refractivity contribution in [1.29, 1.82) is 0 Å². The van der Waals surface area contributed by atoms with Crippen molar-refractivity contribution in [2.75, 3.05) is 26.3 Å². The lowest BCUT2D eigenvalue weighted by molar-refractivity contribution is -0.183. The molecule has 1 aromatic rings. The highest BCUT2D eigenvalue weighted by molar-refractivity contribution is 5.76. The SMILES string of the molecule is CCOc1cccc2c1O[C@](C)(CCC(=O)O)[C@H]1CC3(CCN(C(=O)CC4CCCC4)CC3)CO[C@H]21. The number of carboxylic acid groups (broad SMARTS) is 1. The van der Waals surface area contributed by atoms with E-state index in [4.69, 9.17) is 14.2 Å². The van der Waals surface area contributed by atoms with Gasteiger partial charge in [-0.3, -0.25) is 9.59 Å². The number of nitrogens with zero attached hydrogens (tertiary/aromatic N) is 1. The van der Waals surface area contributed by atoms with Crippen molar-refractivity contribution in [2.24, 2.45) is 17.3 Å². The molecule has 5 rings (SSSR count). The average Bonchev–Trinajstić information content (AvgIpc) is 3.37. The van der Waals surface area contributed by atoms with Crippen molar-refractivity contribution in [3.05, 3.63) is 23.8 Å². The maximum Gasteiger partial charge on any atom is 0.303 e. The molecule has 1 aromatic carbocycles. The minimum Gasteiger partial charge on any atom is -0.490 e. The number of rotatable bonds is 7. The first-order valence-corrected chi connectivity index (χ1v) is 13.9. The van der Waals surface area contributed by atoms with E-state index in [1.807, 2.05) is 26.0 Å². The molecule has 1 N–H and O–H groups in total.